The van der Waals surface area contributed by atoms with Gasteiger partial charge in [-0.3, -0.25) is 5.32 Å². The Balaban J connectivity index is 1.92. The second-order valence-corrected chi connectivity index (χ2v) is 5.60. The van der Waals surface area contributed by atoms with Crippen molar-refractivity contribution in [3.05, 3.63) is 35.9 Å². The summed E-state index contributed by atoms with van der Waals surface area (Å²) in [4.78, 5) is 11.6. The minimum absolute atomic E-state index is 0.0513. The molecule has 8 heteroatoms. The lowest BCUT2D eigenvalue weighted by Gasteiger charge is -2.11. The first-order valence-corrected chi connectivity index (χ1v) is 7.88. The maximum Gasteiger partial charge on any atom is 0.320 e. The van der Waals surface area contributed by atoms with Crippen LogP contribution in [0, 0.1) is 0 Å². The van der Waals surface area contributed by atoms with Crippen molar-refractivity contribution in [1.29, 1.82) is 0 Å². The van der Waals surface area contributed by atoms with Crippen LogP contribution in [0.15, 0.2) is 30.3 Å². The molecule has 2 rings (SSSR count). The fraction of sp³-hybridized carbons (Fsp3) is 0.353. The van der Waals surface area contributed by atoms with E-state index in [0.717, 1.165) is 5.56 Å². The van der Waals surface area contributed by atoms with Crippen LogP contribution in [0.1, 0.15) is 19.4 Å². The number of carbonyl (C=O) groups excluding carboxylic acids is 1. The fourth-order valence-corrected chi connectivity index (χ4v) is 2.09. The highest BCUT2D eigenvalue weighted by Crippen LogP contribution is 2.27. The van der Waals surface area contributed by atoms with Gasteiger partial charge in [-0.05, 0) is 43.7 Å². The standard InChI is InChI=1S/C17H23N5O3/c1-11(2)19-17(23)20-16-8-7-15(21-22-16)18-10-12-5-6-13(24-3)14(9-12)25-4/h5-9,11H,10H2,1-4H3,(H,18,21)(H2,19,20,22,23). The number of anilines is 2. The molecule has 2 amide bonds. The van der Waals surface area contributed by atoms with Crippen LogP contribution in [0.25, 0.3) is 0 Å². The molecule has 0 radical (unpaired) electrons. The number of nitrogens with one attached hydrogen (secondary N) is 3. The van der Waals surface area contributed by atoms with Crippen molar-refractivity contribution < 1.29 is 14.3 Å². The predicted octanol–water partition coefficient (Wildman–Crippen LogP) is 2.64. The van der Waals surface area contributed by atoms with Crippen molar-refractivity contribution in [2.75, 3.05) is 24.9 Å². The average Bonchev–Trinajstić information content (AvgIpc) is 2.60. The van der Waals surface area contributed by atoms with Gasteiger partial charge in [0.15, 0.2) is 17.3 Å². The molecule has 0 atom stereocenters. The molecule has 1 aromatic carbocycles. The van der Waals surface area contributed by atoms with Gasteiger partial charge < -0.3 is 20.1 Å². The van der Waals surface area contributed by atoms with Gasteiger partial charge in [0, 0.05) is 12.6 Å². The topological polar surface area (TPSA) is 97.4 Å². The van der Waals surface area contributed by atoms with Crippen molar-refractivity contribution in [1.82, 2.24) is 15.5 Å². The largest absolute Gasteiger partial charge is 0.493 e. The number of hydrogen-bond donors (Lipinski definition) is 3. The van der Waals surface area contributed by atoms with Crippen LogP contribution in [0.2, 0.25) is 0 Å². The Morgan fingerprint density at radius 1 is 1.04 bits per heavy atom. The van der Waals surface area contributed by atoms with Crippen molar-refractivity contribution in [2.24, 2.45) is 0 Å². The lowest BCUT2D eigenvalue weighted by molar-refractivity contribution is 0.250. The first-order chi connectivity index (χ1) is 12.0. The van der Waals surface area contributed by atoms with E-state index in [1.54, 1.807) is 26.4 Å². The van der Waals surface area contributed by atoms with E-state index in [-0.39, 0.29) is 12.1 Å². The molecule has 0 saturated heterocycles. The Morgan fingerprint density at radius 2 is 1.72 bits per heavy atom. The fourth-order valence-electron chi connectivity index (χ4n) is 2.09. The Kier molecular flexibility index (Phi) is 6.39. The van der Waals surface area contributed by atoms with Gasteiger partial charge in [-0.25, -0.2) is 4.79 Å². The van der Waals surface area contributed by atoms with Crippen molar-refractivity contribution in [2.45, 2.75) is 26.4 Å². The van der Waals surface area contributed by atoms with E-state index in [2.05, 4.69) is 26.1 Å². The smallest absolute Gasteiger partial charge is 0.320 e. The van der Waals surface area contributed by atoms with E-state index in [0.29, 0.717) is 29.7 Å². The lowest BCUT2D eigenvalue weighted by Crippen LogP contribution is -2.34. The van der Waals surface area contributed by atoms with E-state index in [1.165, 1.54) is 0 Å². The number of aromatic nitrogens is 2. The number of benzene rings is 1. The third kappa shape index (κ3) is 5.52. The lowest BCUT2D eigenvalue weighted by atomic mass is 10.2. The molecule has 0 unspecified atom stereocenters. The van der Waals surface area contributed by atoms with Gasteiger partial charge in [0.2, 0.25) is 0 Å². The van der Waals surface area contributed by atoms with E-state index >= 15 is 0 Å². The summed E-state index contributed by atoms with van der Waals surface area (Å²) in [6.45, 7) is 4.31. The molecule has 1 heterocycles. The maximum absolute atomic E-state index is 11.6. The number of hydrogen-bond acceptors (Lipinski definition) is 6. The van der Waals surface area contributed by atoms with E-state index < -0.39 is 0 Å². The van der Waals surface area contributed by atoms with Crippen LogP contribution in [0.3, 0.4) is 0 Å². The molecule has 0 bridgehead atoms. The zero-order valence-corrected chi connectivity index (χ0v) is 14.8. The van der Waals surface area contributed by atoms with E-state index in [9.17, 15) is 4.79 Å². The Bertz CT molecular complexity index is 704. The number of rotatable bonds is 7. The highest BCUT2D eigenvalue weighted by molar-refractivity contribution is 5.88. The summed E-state index contributed by atoms with van der Waals surface area (Å²) in [7, 11) is 3.20. The van der Waals surface area contributed by atoms with Gasteiger partial charge in [-0.1, -0.05) is 6.07 Å². The normalized spacial score (nSPS) is 10.3. The number of carbonyl (C=O) groups is 1. The molecular formula is C17H23N5O3. The second kappa shape index (κ2) is 8.72. The SMILES string of the molecule is COc1ccc(CNc2ccc(NC(=O)NC(C)C)nn2)cc1OC. The zero-order chi connectivity index (χ0) is 18.2. The van der Waals surface area contributed by atoms with Gasteiger partial charge >= 0.3 is 6.03 Å². The van der Waals surface area contributed by atoms with Crippen molar-refractivity contribution >= 4 is 17.7 Å². The van der Waals surface area contributed by atoms with Crippen LogP contribution >= 0.6 is 0 Å². The molecular weight excluding hydrogens is 322 g/mol. The van der Waals surface area contributed by atoms with Crippen LogP contribution in [0.4, 0.5) is 16.4 Å². The Hall–Kier alpha value is -3.03. The van der Waals surface area contributed by atoms with Crippen LogP contribution in [0.5, 0.6) is 11.5 Å². The summed E-state index contributed by atoms with van der Waals surface area (Å²) >= 11 is 0. The summed E-state index contributed by atoms with van der Waals surface area (Å²) in [5, 5.41) is 16.5. The molecule has 0 aliphatic heterocycles. The predicted molar refractivity (Wildman–Crippen MR) is 96.2 cm³/mol. The number of amides is 2. The van der Waals surface area contributed by atoms with Gasteiger partial charge in [0.25, 0.3) is 0 Å². The quantitative estimate of drug-likeness (QED) is 0.714. The summed E-state index contributed by atoms with van der Waals surface area (Å²) in [6.07, 6.45) is 0. The summed E-state index contributed by atoms with van der Waals surface area (Å²) in [6, 6.07) is 8.86. The third-order valence-electron chi connectivity index (χ3n) is 3.25. The zero-order valence-electron chi connectivity index (χ0n) is 14.8. The molecule has 134 valence electrons. The summed E-state index contributed by atoms with van der Waals surface area (Å²) < 4.78 is 10.5. The van der Waals surface area contributed by atoms with Gasteiger partial charge in [0.05, 0.1) is 14.2 Å². The van der Waals surface area contributed by atoms with Gasteiger partial charge in [-0.15, -0.1) is 10.2 Å². The molecule has 1 aromatic heterocycles. The Morgan fingerprint density at radius 3 is 2.32 bits per heavy atom. The number of methoxy groups -OCH3 is 2. The van der Waals surface area contributed by atoms with Crippen molar-refractivity contribution in [3.63, 3.8) is 0 Å². The molecule has 0 saturated carbocycles. The average molecular weight is 345 g/mol. The summed E-state index contributed by atoms with van der Waals surface area (Å²) in [5.41, 5.74) is 1.01. The molecule has 0 aliphatic carbocycles. The van der Waals surface area contributed by atoms with Crippen LogP contribution in [-0.4, -0.2) is 36.5 Å². The number of urea groups is 1. The highest BCUT2D eigenvalue weighted by atomic mass is 16.5. The molecule has 3 N–H and O–H groups in total. The Labute approximate surface area is 146 Å². The monoisotopic (exact) mass is 345 g/mol. The minimum atomic E-state index is -0.310. The highest BCUT2D eigenvalue weighted by Gasteiger charge is 2.06. The van der Waals surface area contributed by atoms with Gasteiger partial charge in [-0.2, -0.15) is 0 Å². The summed E-state index contributed by atoms with van der Waals surface area (Å²) in [5.74, 6) is 2.34. The molecule has 0 spiro atoms. The van der Waals surface area contributed by atoms with E-state index in [4.69, 9.17) is 9.47 Å². The maximum atomic E-state index is 11.6. The minimum Gasteiger partial charge on any atom is -0.493 e. The van der Waals surface area contributed by atoms with Crippen LogP contribution < -0.4 is 25.4 Å². The molecule has 8 nitrogen and oxygen atoms in total. The molecule has 2 aromatic rings. The molecule has 25 heavy (non-hydrogen) atoms. The molecule has 0 fully saturated rings. The molecule has 0 aliphatic rings. The van der Waals surface area contributed by atoms with Crippen LogP contribution in [-0.2, 0) is 6.54 Å². The third-order valence-corrected chi connectivity index (χ3v) is 3.25. The van der Waals surface area contributed by atoms with Crippen molar-refractivity contribution in [3.8, 4) is 11.5 Å². The first kappa shape index (κ1) is 18.3. The number of ether oxygens (including phenoxy) is 2. The van der Waals surface area contributed by atoms with Gasteiger partial charge in [0.1, 0.15) is 5.82 Å². The second-order valence-electron chi connectivity index (χ2n) is 5.60. The van der Waals surface area contributed by atoms with E-state index in [1.807, 2.05) is 32.0 Å². The first-order valence-electron chi connectivity index (χ1n) is 7.88. The number of nitrogens with zero attached hydrogens (tertiary/aromatic N) is 2.